The highest BCUT2D eigenvalue weighted by atomic mass is 16.5. The first-order valence-electron chi connectivity index (χ1n) is 18.4. The Kier molecular flexibility index (Phi) is 6.77. The molecular weight excluding hydrogens is 657 g/mol. The van der Waals surface area contributed by atoms with Gasteiger partial charge in [0.2, 0.25) is 0 Å². The van der Waals surface area contributed by atoms with E-state index in [1.165, 1.54) is 33.2 Å². The second-order valence-corrected chi connectivity index (χ2v) is 14.1. The van der Waals surface area contributed by atoms with E-state index in [4.69, 9.17) is 14.7 Å². The third-order valence-electron chi connectivity index (χ3n) is 11.1. The van der Waals surface area contributed by atoms with Crippen molar-refractivity contribution in [1.82, 2.24) is 9.97 Å². The average molecular weight is 689 g/mol. The van der Waals surface area contributed by atoms with Crippen LogP contribution in [0, 0.1) is 0 Å². The van der Waals surface area contributed by atoms with Crippen LogP contribution in [0.15, 0.2) is 194 Å². The predicted octanol–water partition coefficient (Wildman–Crippen LogP) is 12.8. The monoisotopic (exact) mass is 688 g/mol. The van der Waals surface area contributed by atoms with Crippen LogP contribution in [0.2, 0.25) is 0 Å². The number of ether oxygens (including phenoxy) is 1. The van der Waals surface area contributed by atoms with Crippen LogP contribution in [0.3, 0.4) is 0 Å². The molecule has 0 saturated carbocycles. The third kappa shape index (κ3) is 4.62. The minimum absolute atomic E-state index is 0.561. The maximum atomic E-state index is 6.59. The zero-order valence-corrected chi connectivity index (χ0v) is 29.3. The second kappa shape index (κ2) is 12.0. The molecule has 1 spiro atoms. The molecule has 0 N–H and O–H groups in total. The van der Waals surface area contributed by atoms with Crippen LogP contribution in [-0.2, 0) is 5.41 Å². The molecule has 0 fully saturated rings. The molecule has 11 rings (SSSR count). The molecule has 0 bridgehead atoms. The predicted molar refractivity (Wildman–Crippen MR) is 219 cm³/mol. The van der Waals surface area contributed by atoms with Gasteiger partial charge in [0.15, 0.2) is 5.82 Å². The van der Waals surface area contributed by atoms with Gasteiger partial charge in [0.1, 0.15) is 11.5 Å². The summed E-state index contributed by atoms with van der Waals surface area (Å²) in [6.45, 7) is 0. The lowest BCUT2D eigenvalue weighted by Crippen LogP contribution is -2.32. The molecular formula is C51H32N2O. The van der Waals surface area contributed by atoms with E-state index in [1.807, 2.05) is 0 Å². The van der Waals surface area contributed by atoms with Gasteiger partial charge >= 0.3 is 0 Å². The maximum Gasteiger partial charge on any atom is 0.160 e. The van der Waals surface area contributed by atoms with Crippen LogP contribution in [0.4, 0.5) is 0 Å². The minimum Gasteiger partial charge on any atom is -0.457 e. The van der Waals surface area contributed by atoms with E-state index < -0.39 is 5.41 Å². The Morgan fingerprint density at radius 3 is 1.69 bits per heavy atom. The molecule has 3 nitrogen and oxygen atoms in total. The van der Waals surface area contributed by atoms with Gasteiger partial charge in [-0.25, -0.2) is 9.97 Å². The summed E-state index contributed by atoms with van der Waals surface area (Å²) in [6, 6.07) is 69.0. The maximum absolute atomic E-state index is 6.59. The quantitative estimate of drug-likeness (QED) is 0.185. The van der Waals surface area contributed by atoms with Crippen LogP contribution >= 0.6 is 0 Å². The van der Waals surface area contributed by atoms with Crippen LogP contribution in [0.1, 0.15) is 22.3 Å². The molecule has 54 heavy (non-hydrogen) atoms. The Morgan fingerprint density at radius 2 is 0.907 bits per heavy atom. The van der Waals surface area contributed by atoms with Crippen molar-refractivity contribution < 1.29 is 4.74 Å². The molecule has 9 aromatic rings. The Balaban J connectivity index is 1.15. The Hall–Kier alpha value is -7.10. The molecule has 0 saturated heterocycles. The summed E-state index contributed by atoms with van der Waals surface area (Å²) in [4.78, 5) is 10.6. The Morgan fingerprint density at radius 1 is 0.333 bits per heavy atom. The van der Waals surface area contributed by atoms with Gasteiger partial charge in [-0.05, 0) is 80.6 Å². The van der Waals surface area contributed by atoms with Gasteiger partial charge in [-0.15, -0.1) is 0 Å². The van der Waals surface area contributed by atoms with Crippen LogP contribution in [0.25, 0.3) is 66.9 Å². The fourth-order valence-electron chi connectivity index (χ4n) is 8.70. The van der Waals surface area contributed by atoms with Crippen molar-refractivity contribution in [3.63, 3.8) is 0 Å². The van der Waals surface area contributed by atoms with Gasteiger partial charge in [-0.1, -0.05) is 158 Å². The highest BCUT2D eigenvalue weighted by Gasteiger charge is 2.51. The third-order valence-corrected chi connectivity index (χ3v) is 11.1. The smallest absolute Gasteiger partial charge is 0.160 e. The van der Waals surface area contributed by atoms with Crippen molar-refractivity contribution in [2.75, 3.05) is 0 Å². The van der Waals surface area contributed by atoms with E-state index in [0.717, 1.165) is 61.7 Å². The van der Waals surface area contributed by atoms with Crippen molar-refractivity contribution in [1.29, 1.82) is 0 Å². The van der Waals surface area contributed by atoms with Crippen molar-refractivity contribution in [3.8, 4) is 67.7 Å². The van der Waals surface area contributed by atoms with E-state index in [9.17, 15) is 0 Å². The van der Waals surface area contributed by atoms with Gasteiger partial charge in [0.05, 0.1) is 16.8 Å². The number of nitrogens with zero attached hydrogens (tertiary/aromatic N) is 2. The number of aromatic nitrogens is 2. The Bertz CT molecular complexity index is 2880. The highest BCUT2D eigenvalue weighted by molar-refractivity contribution is 5.91. The largest absolute Gasteiger partial charge is 0.457 e. The van der Waals surface area contributed by atoms with Crippen LogP contribution in [0.5, 0.6) is 11.5 Å². The first-order chi connectivity index (χ1) is 26.7. The topological polar surface area (TPSA) is 35.0 Å². The van der Waals surface area contributed by atoms with Crippen molar-refractivity contribution in [2.24, 2.45) is 0 Å². The zero-order valence-electron chi connectivity index (χ0n) is 29.3. The molecule has 0 unspecified atom stereocenters. The lowest BCUT2D eigenvalue weighted by Gasteiger charge is -2.39. The van der Waals surface area contributed by atoms with Gasteiger partial charge in [-0.3, -0.25) is 0 Å². The number of fused-ring (bicyclic) bond motifs is 10. The molecule has 1 aliphatic carbocycles. The molecule has 8 aromatic carbocycles. The normalized spacial score (nSPS) is 13.1. The first-order valence-corrected chi connectivity index (χ1v) is 18.4. The van der Waals surface area contributed by atoms with Gasteiger partial charge < -0.3 is 4.74 Å². The Labute approximate surface area is 313 Å². The summed E-state index contributed by atoms with van der Waals surface area (Å²) in [5, 5.41) is 2.35. The van der Waals surface area contributed by atoms with Crippen LogP contribution < -0.4 is 4.74 Å². The summed E-state index contributed by atoms with van der Waals surface area (Å²) in [6.07, 6.45) is 0. The van der Waals surface area contributed by atoms with E-state index in [-0.39, 0.29) is 0 Å². The molecule has 3 heteroatoms. The minimum atomic E-state index is -0.561. The molecule has 2 heterocycles. The number of hydrogen-bond acceptors (Lipinski definition) is 3. The molecule has 252 valence electrons. The summed E-state index contributed by atoms with van der Waals surface area (Å²) >= 11 is 0. The number of para-hydroxylation sites is 2. The average Bonchev–Trinajstić information content (AvgIpc) is 3.53. The lowest BCUT2D eigenvalue weighted by molar-refractivity contribution is 0.436. The van der Waals surface area contributed by atoms with Crippen LogP contribution in [-0.4, -0.2) is 9.97 Å². The van der Waals surface area contributed by atoms with Crippen molar-refractivity contribution in [2.45, 2.75) is 5.41 Å². The highest BCUT2D eigenvalue weighted by Crippen LogP contribution is 2.62. The number of hydrogen-bond donors (Lipinski definition) is 0. The molecule has 1 aromatic heterocycles. The van der Waals surface area contributed by atoms with Crippen molar-refractivity contribution >= 4 is 10.8 Å². The molecule has 0 amide bonds. The van der Waals surface area contributed by atoms with E-state index in [0.29, 0.717) is 5.82 Å². The number of rotatable bonds is 4. The fourth-order valence-corrected chi connectivity index (χ4v) is 8.70. The van der Waals surface area contributed by atoms with E-state index >= 15 is 0 Å². The van der Waals surface area contributed by atoms with E-state index in [1.54, 1.807) is 0 Å². The zero-order chi connectivity index (χ0) is 35.6. The number of benzene rings is 8. The SMILES string of the molecule is c1ccc(-c2cccc(-c3cc(-c4ccc5c(c4)C4(c6ccccc6Oc6ccccc64)c4ccccc4-5)nc(-c4ccc5ccccc5c4)n3)c2)cc1. The van der Waals surface area contributed by atoms with Gasteiger partial charge in [-0.2, -0.15) is 0 Å². The fraction of sp³-hybridized carbons (Fsp3) is 0.0196. The van der Waals surface area contributed by atoms with E-state index in [2.05, 4.69) is 194 Å². The summed E-state index contributed by atoms with van der Waals surface area (Å²) < 4.78 is 6.59. The first kappa shape index (κ1) is 30.5. The molecule has 0 atom stereocenters. The summed E-state index contributed by atoms with van der Waals surface area (Å²) in [5.41, 5.74) is 13.8. The lowest BCUT2D eigenvalue weighted by atomic mass is 9.66. The molecule has 1 aliphatic heterocycles. The second-order valence-electron chi connectivity index (χ2n) is 14.1. The molecule has 0 radical (unpaired) electrons. The standard InChI is InChI=1S/C51H32N2O/c1-2-13-33(14-3-1)36-17-12-18-37(29-36)46-32-47(53-50(52-46)39-26-25-34-15-4-5-16-35(34)30-39)38-27-28-41-40-19-6-7-20-42(40)51(45(41)31-38)43-21-8-10-23-48(43)54-49-24-11-9-22-44(49)51/h1-32H. The van der Waals surface area contributed by atoms with Gasteiger partial charge in [0.25, 0.3) is 0 Å². The summed E-state index contributed by atoms with van der Waals surface area (Å²) in [7, 11) is 0. The van der Waals surface area contributed by atoms with Crippen molar-refractivity contribution in [3.05, 3.63) is 216 Å². The van der Waals surface area contributed by atoms with Gasteiger partial charge in [0, 0.05) is 27.8 Å². The molecule has 2 aliphatic rings. The summed E-state index contributed by atoms with van der Waals surface area (Å²) in [5.74, 6) is 2.45.